The van der Waals surface area contributed by atoms with Crippen molar-refractivity contribution in [2.24, 2.45) is 0 Å². The van der Waals surface area contributed by atoms with Crippen molar-refractivity contribution < 1.29 is 17.2 Å². The van der Waals surface area contributed by atoms with E-state index >= 15 is 0 Å². The highest BCUT2D eigenvalue weighted by molar-refractivity contribution is 7.92. The van der Waals surface area contributed by atoms with Gasteiger partial charge in [0.15, 0.2) is 5.65 Å². The lowest BCUT2D eigenvalue weighted by Crippen LogP contribution is -2.45. The van der Waals surface area contributed by atoms with Gasteiger partial charge in [-0.1, -0.05) is 18.2 Å². The van der Waals surface area contributed by atoms with E-state index in [0.29, 0.717) is 35.0 Å². The number of sulfonamides is 1. The number of aromatic nitrogens is 4. The number of nitrogens with zero attached hydrogens (tertiary/aromatic N) is 4. The number of nitrogens with two attached hydrogens (primary N) is 1. The first-order valence-electron chi connectivity index (χ1n) is 9.62. The van der Waals surface area contributed by atoms with Crippen molar-refractivity contribution in [2.45, 2.75) is 17.4 Å². The number of anilines is 3. The second-order valence-corrected chi connectivity index (χ2v) is 9.18. The fourth-order valence-electron chi connectivity index (χ4n) is 3.84. The lowest BCUT2D eigenvalue weighted by atomic mass is 9.99. The van der Waals surface area contributed by atoms with E-state index in [9.17, 15) is 17.2 Å². The number of aromatic amines is 1. The van der Waals surface area contributed by atoms with Crippen LogP contribution in [0.25, 0.3) is 11.0 Å². The van der Waals surface area contributed by atoms with Crippen molar-refractivity contribution in [1.82, 2.24) is 20.2 Å². The predicted octanol–water partition coefficient (Wildman–Crippen LogP) is 2.45. The molecule has 0 saturated carbocycles. The van der Waals surface area contributed by atoms with Crippen LogP contribution in [0.5, 0.6) is 0 Å². The highest BCUT2D eigenvalue weighted by Crippen LogP contribution is 2.34. The Balaban J connectivity index is 1.55. The summed E-state index contributed by atoms with van der Waals surface area (Å²) in [5, 5.41) is 10.5. The van der Waals surface area contributed by atoms with E-state index in [0.717, 1.165) is 22.0 Å². The first kappa shape index (κ1) is 20.1. The summed E-state index contributed by atoms with van der Waals surface area (Å²) in [7, 11) is -4.31. The molecule has 9 nitrogen and oxygen atoms in total. The molecule has 0 amide bonds. The highest BCUT2D eigenvalue weighted by Gasteiger charge is 2.35. The fourth-order valence-corrected chi connectivity index (χ4v) is 5.43. The van der Waals surface area contributed by atoms with Crippen LogP contribution in [0.1, 0.15) is 5.56 Å². The molecule has 12 heteroatoms. The van der Waals surface area contributed by atoms with Crippen LogP contribution in [0.4, 0.5) is 26.2 Å². The predicted molar refractivity (Wildman–Crippen MR) is 115 cm³/mol. The van der Waals surface area contributed by atoms with Gasteiger partial charge < -0.3 is 11.1 Å². The van der Waals surface area contributed by atoms with Gasteiger partial charge in [-0.15, -0.1) is 0 Å². The summed E-state index contributed by atoms with van der Waals surface area (Å²) in [4.78, 5) is 7.69. The van der Waals surface area contributed by atoms with Gasteiger partial charge in [0.25, 0.3) is 10.0 Å². The Morgan fingerprint density at radius 3 is 2.78 bits per heavy atom. The minimum absolute atomic E-state index is 0.0145. The zero-order chi connectivity index (χ0) is 22.5. The molecule has 1 aliphatic heterocycles. The SMILES string of the molecule is Nc1nc(NC2Cc3ccccc3N(S(=O)(=O)c3ccc(F)cc3F)C2)c2cn[nH]c2n1. The number of benzene rings is 2. The van der Waals surface area contributed by atoms with E-state index in [1.807, 2.05) is 0 Å². The van der Waals surface area contributed by atoms with Crippen LogP contribution >= 0.6 is 0 Å². The molecule has 0 radical (unpaired) electrons. The summed E-state index contributed by atoms with van der Waals surface area (Å²) < 4.78 is 55.7. The molecule has 2 aromatic heterocycles. The molecule has 164 valence electrons. The molecule has 0 saturated heterocycles. The number of rotatable bonds is 4. The molecule has 0 spiro atoms. The smallest absolute Gasteiger partial charge is 0.267 e. The molecular formula is C20H17F2N7O2S. The second-order valence-electron chi connectivity index (χ2n) is 7.35. The molecule has 32 heavy (non-hydrogen) atoms. The number of nitrogens with one attached hydrogen (secondary N) is 2. The molecule has 5 rings (SSSR count). The van der Waals surface area contributed by atoms with Crippen LogP contribution in [-0.4, -0.2) is 41.2 Å². The van der Waals surface area contributed by atoms with Crippen molar-refractivity contribution >= 4 is 38.5 Å². The Hall–Kier alpha value is -3.80. The summed E-state index contributed by atoms with van der Waals surface area (Å²) in [6.07, 6.45) is 2.02. The van der Waals surface area contributed by atoms with Crippen molar-refractivity contribution in [3.8, 4) is 0 Å². The molecule has 1 unspecified atom stereocenters. The van der Waals surface area contributed by atoms with Crippen molar-refractivity contribution in [3.05, 3.63) is 65.9 Å². The molecule has 1 aliphatic rings. The summed E-state index contributed by atoms with van der Waals surface area (Å²) >= 11 is 0. The molecule has 0 aliphatic carbocycles. The van der Waals surface area contributed by atoms with E-state index in [1.54, 1.807) is 24.3 Å². The topological polar surface area (TPSA) is 130 Å². The van der Waals surface area contributed by atoms with Crippen molar-refractivity contribution in [2.75, 3.05) is 21.9 Å². The van der Waals surface area contributed by atoms with Crippen LogP contribution in [0.15, 0.2) is 53.6 Å². The number of H-pyrrole nitrogens is 1. The van der Waals surface area contributed by atoms with E-state index < -0.39 is 32.6 Å². The van der Waals surface area contributed by atoms with Crippen LogP contribution in [-0.2, 0) is 16.4 Å². The van der Waals surface area contributed by atoms with Gasteiger partial charge in [-0.25, -0.2) is 17.2 Å². The molecule has 0 bridgehead atoms. The molecule has 0 fully saturated rings. The normalized spacial score (nSPS) is 16.2. The number of fused-ring (bicyclic) bond motifs is 2. The Kier molecular flexibility index (Phi) is 4.66. The summed E-state index contributed by atoms with van der Waals surface area (Å²) in [6, 6.07) is 8.93. The van der Waals surface area contributed by atoms with Gasteiger partial charge in [-0.05, 0) is 30.2 Å². The maximum Gasteiger partial charge on any atom is 0.267 e. The van der Waals surface area contributed by atoms with Crippen molar-refractivity contribution in [3.63, 3.8) is 0 Å². The van der Waals surface area contributed by atoms with Crippen molar-refractivity contribution in [1.29, 1.82) is 0 Å². The standard InChI is InChI=1S/C20H17F2N7O2S/c21-12-5-6-17(15(22)8-12)32(30,31)29-10-13(7-11-3-1-2-4-16(11)29)25-18-14-9-24-28-19(14)27-20(23)26-18/h1-6,8-9,13H,7,10H2,(H4,23,24,25,26,27,28). The van der Waals surface area contributed by atoms with Gasteiger partial charge in [-0.2, -0.15) is 15.1 Å². The molecule has 4 N–H and O–H groups in total. The van der Waals surface area contributed by atoms with Crippen LogP contribution in [0, 0.1) is 11.6 Å². The Morgan fingerprint density at radius 2 is 1.97 bits per heavy atom. The number of nitrogen functional groups attached to an aromatic ring is 1. The highest BCUT2D eigenvalue weighted by atomic mass is 32.2. The maximum absolute atomic E-state index is 14.4. The average Bonchev–Trinajstić information content (AvgIpc) is 3.21. The van der Waals surface area contributed by atoms with Crippen LogP contribution < -0.4 is 15.4 Å². The van der Waals surface area contributed by atoms with Gasteiger partial charge in [-0.3, -0.25) is 9.40 Å². The van der Waals surface area contributed by atoms with E-state index in [-0.39, 0.29) is 12.5 Å². The summed E-state index contributed by atoms with van der Waals surface area (Å²) in [6.45, 7) is -0.0145. The minimum atomic E-state index is -4.31. The second kappa shape index (κ2) is 7.41. The molecule has 1 atom stereocenters. The summed E-state index contributed by atoms with van der Waals surface area (Å²) in [5.41, 5.74) is 7.40. The fraction of sp³-hybridized carbons (Fsp3) is 0.150. The monoisotopic (exact) mass is 457 g/mol. The van der Waals surface area contributed by atoms with Gasteiger partial charge in [0, 0.05) is 6.07 Å². The number of halogens is 2. The van der Waals surface area contributed by atoms with Crippen LogP contribution in [0.2, 0.25) is 0 Å². The third-order valence-electron chi connectivity index (χ3n) is 5.24. The molecule has 3 heterocycles. The number of hydrogen-bond donors (Lipinski definition) is 3. The zero-order valence-electron chi connectivity index (χ0n) is 16.5. The lowest BCUT2D eigenvalue weighted by Gasteiger charge is -2.35. The van der Waals surface area contributed by atoms with Crippen LogP contribution in [0.3, 0.4) is 0 Å². The zero-order valence-corrected chi connectivity index (χ0v) is 17.3. The van der Waals surface area contributed by atoms with Gasteiger partial charge in [0.1, 0.15) is 22.3 Å². The molecular weight excluding hydrogens is 440 g/mol. The van der Waals surface area contributed by atoms with E-state index in [4.69, 9.17) is 5.73 Å². The number of hydrogen-bond acceptors (Lipinski definition) is 7. The first-order chi connectivity index (χ1) is 15.3. The minimum Gasteiger partial charge on any atom is -0.368 e. The maximum atomic E-state index is 14.4. The van der Waals surface area contributed by atoms with E-state index in [1.165, 1.54) is 6.20 Å². The third kappa shape index (κ3) is 3.38. The summed E-state index contributed by atoms with van der Waals surface area (Å²) in [5.74, 6) is -1.58. The Morgan fingerprint density at radius 1 is 1.16 bits per heavy atom. The third-order valence-corrected chi connectivity index (χ3v) is 7.06. The number of para-hydroxylation sites is 1. The Labute approximate surface area is 181 Å². The van der Waals surface area contributed by atoms with E-state index in [2.05, 4.69) is 25.5 Å². The molecule has 4 aromatic rings. The Bertz CT molecular complexity index is 1440. The largest absolute Gasteiger partial charge is 0.368 e. The first-order valence-corrected chi connectivity index (χ1v) is 11.1. The van der Waals surface area contributed by atoms with Gasteiger partial charge >= 0.3 is 0 Å². The average molecular weight is 457 g/mol. The molecule has 2 aromatic carbocycles. The van der Waals surface area contributed by atoms with Gasteiger partial charge in [0.05, 0.1) is 29.9 Å². The lowest BCUT2D eigenvalue weighted by molar-refractivity contribution is 0.544. The van der Waals surface area contributed by atoms with Gasteiger partial charge in [0.2, 0.25) is 5.95 Å². The quantitative estimate of drug-likeness (QED) is 0.429.